The summed E-state index contributed by atoms with van der Waals surface area (Å²) >= 11 is 3.42. The Bertz CT molecular complexity index is 815. The van der Waals surface area contributed by atoms with E-state index in [0.29, 0.717) is 25.2 Å². The van der Waals surface area contributed by atoms with E-state index in [-0.39, 0.29) is 11.8 Å². The zero-order valence-corrected chi connectivity index (χ0v) is 14.1. The molecule has 23 heavy (non-hydrogen) atoms. The molecule has 1 aromatic heterocycles. The zero-order chi connectivity index (χ0) is 16.2. The van der Waals surface area contributed by atoms with Crippen LogP contribution >= 0.6 is 15.9 Å². The molecular weight excluding hydrogens is 360 g/mol. The van der Waals surface area contributed by atoms with Gasteiger partial charge in [0.15, 0.2) is 0 Å². The van der Waals surface area contributed by atoms with Gasteiger partial charge in [-0.05, 0) is 37.0 Å². The third kappa shape index (κ3) is 2.19. The first kappa shape index (κ1) is 14.8. The van der Waals surface area contributed by atoms with Crippen molar-refractivity contribution in [2.45, 2.75) is 19.3 Å². The Morgan fingerprint density at radius 2 is 2.17 bits per heavy atom. The predicted molar refractivity (Wildman–Crippen MR) is 89.3 cm³/mol. The minimum atomic E-state index is -0.754. The smallest absolute Gasteiger partial charge is 0.311 e. The Labute approximate surface area is 141 Å². The number of halogens is 1. The highest BCUT2D eigenvalue weighted by Crippen LogP contribution is 2.49. The van der Waals surface area contributed by atoms with E-state index < -0.39 is 11.4 Å². The number of carboxylic acid groups (broad SMARTS) is 1. The fourth-order valence-electron chi connectivity index (χ4n) is 4.18. The van der Waals surface area contributed by atoms with Crippen LogP contribution in [0.5, 0.6) is 0 Å². The van der Waals surface area contributed by atoms with Crippen molar-refractivity contribution in [2.24, 2.45) is 11.3 Å². The molecule has 0 bridgehead atoms. The van der Waals surface area contributed by atoms with Crippen LogP contribution in [0, 0.1) is 11.3 Å². The summed E-state index contributed by atoms with van der Waals surface area (Å²) in [5, 5.41) is 10.6. The largest absolute Gasteiger partial charge is 0.481 e. The number of amides is 1. The van der Waals surface area contributed by atoms with Crippen LogP contribution < -0.4 is 0 Å². The maximum Gasteiger partial charge on any atom is 0.311 e. The summed E-state index contributed by atoms with van der Waals surface area (Å²) in [6.45, 7) is 0.870. The monoisotopic (exact) mass is 376 g/mol. The fraction of sp³-hybridized carbons (Fsp3) is 0.412. The van der Waals surface area contributed by atoms with E-state index >= 15 is 0 Å². The van der Waals surface area contributed by atoms with Crippen LogP contribution in [-0.2, 0) is 4.79 Å². The van der Waals surface area contributed by atoms with Crippen LogP contribution in [0.1, 0.15) is 29.8 Å². The Morgan fingerprint density at radius 3 is 2.91 bits per heavy atom. The van der Waals surface area contributed by atoms with E-state index in [1.165, 1.54) is 0 Å². The quantitative estimate of drug-likeness (QED) is 0.844. The van der Waals surface area contributed by atoms with Crippen LogP contribution in [0.3, 0.4) is 0 Å². The maximum atomic E-state index is 12.8. The average Bonchev–Trinajstić information content (AvgIpc) is 3.17. The molecule has 6 heteroatoms. The fourth-order valence-corrected chi connectivity index (χ4v) is 4.54. The summed E-state index contributed by atoms with van der Waals surface area (Å²) in [6, 6.07) is 7.66. The van der Waals surface area contributed by atoms with Crippen LogP contribution in [-0.4, -0.2) is 40.0 Å². The van der Waals surface area contributed by atoms with E-state index in [9.17, 15) is 14.7 Å². The number of aliphatic carboxylic acids is 1. The molecule has 0 spiro atoms. The highest BCUT2D eigenvalue weighted by molar-refractivity contribution is 9.10. The van der Waals surface area contributed by atoms with E-state index in [0.717, 1.165) is 28.2 Å². The first-order valence-corrected chi connectivity index (χ1v) is 8.60. The lowest BCUT2D eigenvalue weighted by molar-refractivity contribution is -0.149. The number of fused-ring (bicyclic) bond motifs is 2. The van der Waals surface area contributed by atoms with Gasteiger partial charge in [-0.25, -0.2) is 0 Å². The third-order valence-corrected chi connectivity index (χ3v) is 5.89. The number of carboxylic acids is 1. The van der Waals surface area contributed by atoms with Gasteiger partial charge in [-0.3, -0.25) is 9.59 Å². The van der Waals surface area contributed by atoms with E-state index in [1.54, 1.807) is 4.90 Å². The van der Waals surface area contributed by atoms with Crippen LogP contribution in [0.15, 0.2) is 28.7 Å². The summed E-state index contributed by atoms with van der Waals surface area (Å²) in [4.78, 5) is 29.4. The molecule has 0 radical (unpaired) electrons. The highest BCUT2D eigenvalue weighted by Gasteiger charge is 2.55. The lowest BCUT2D eigenvalue weighted by atomic mass is 9.81. The van der Waals surface area contributed by atoms with Crippen molar-refractivity contribution in [3.63, 3.8) is 0 Å². The van der Waals surface area contributed by atoms with Crippen molar-refractivity contribution >= 4 is 38.7 Å². The Hall–Kier alpha value is -1.82. The molecule has 2 fully saturated rings. The summed E-state index contributed by atoms with van der Waals surface area (Å²) in [7, 11) is 0. The molecule has 2 heterocycles. The highest BCUT2D eigenvalue weighted by atomic mass is 79.9. The minimum Gasteiger partial charge on any atom is -0.481 e. The summed E-state index contributed by atoms with van der Waals surface area (Å²) in [5.41, 5.74) is 0.693. The number of aromatic amines is 1. The number of carbonyl (C=O) groups excluding carboxylic acids is 1. The Balaban J connectivity index is 1.63. The molecule has 1 saturated heterocycles. The molecule has 1 aliphatic carbocycles. The molecule has 4 rings (SSSR count). The number of carbonyl (C=O) groups is 2. The summed E-state index contributed by atoms with van der Waals surface area (Å²) in [6.07, 6.45) is 2.52. The van der Waals surface area contributed by atoms with Gasteiger partial charge in [0.1, 0.15) is 5.69 Å². The third-order valence-electron chi connectivity index (χ3n) is 5.40. The first-order chi connectivity index (χ1) is 11.0. The van der Waals surface area contributed by atoms with Gasteiger partial charge in [0.2, 0.25) is 0 Å². The molecule has 2 aromatic rings. The number of rotatable bonds is 2. The number of hydrogen-bond donors (Lipinski definition) is 2. The second kappa shape index (κ2) is 5.09. The van der Waals surface area contributed by atoms with Crippen molar-refractivity contribution in [2.75, 3.05) is 13.1 Å². The molecule has 2 N–H and O–H groups in total. The molecule has 1 aromatic carbocycles. The molecule has 120 valence electrons. The number of H-pyrrole nitrogens is 1. The maximum absolute atomic E-state index is 12.8. The minimum absolute atomic E-state index is 0.0856. The number of likely N-dealkylation sites (tertiary alicyclic amines) is 1. The van der Waals surface area contributed by atoms with Gasteiger partial charge >= 0.3 is 5.97 Å². The zero-order valence-electron chi connectivity index (χ0n) is 12.5. The molecule has 5 nitrogen and oxygen atoms in total. The molecule has 2 aliphatic rings. The Morgan fingerprint density at radius 1 is 1.35 bits per heavy atom. The summed E-state index contributed by atoms with van der Waals surface area (Å²) < 4.78 is 0.950. The van der Waals surface area contributed by atoms with Crippen molar-refractivity contribution in [3.05, 3.63) is 34.4 Å². The van der Waals surface area contributed by atoms with Gasteiger partial charge in [0, 0.05) is 28.5 Å². The average molecular weight is 377 g/mol. The van der Waals surface area contributed by atoms with Gasteiger partial charge in [0.05, 0.1) is 5.41 Å². The standard InChI is InChI=1S/C17H17BrN2O3/c18-12-4-3-10-6-14(19-13(10)7-12)15(21)20-8-11-2-1-5-17(11,9-20)16(22)23/h3-4,6-7,11,19H,1-2,5,8-9H2,(H,22,23)/t11-,17+/m0/s1. The summed E-state index contributed by atoms with van der Waals surface area (Å²) in [5.74, 6) is -0.773. The van der Waals surface area contributed by atoms with Crippen molar-refractivity contribution in [3.8, 4) is 0 Å². The number of nitrogens with zero attached hydrogens (tertiary/aromatic N) is 1. The number of nitrogens with one attached hydrogen (secondary N) is 1. The lowest BCUT2D eigenvalue weighted by Crippen LogP contribution is -2.37. The van der Waals surface area contributed by atoms with Gasteiger partial charge in [-0.2, -0.15) is 0 Å². The number of aromatic nitrogens is 1. The van der Waals surface area contributed by atoms with E-state index in [2.05, 4.69) is 20.9 Å². The van der Waals surface area contributed by atoms with Crippen molar-refractivity contribution in [1.82, 2.24) is 9.88 Å². The van der Waals surface area contributed by atoms with Gasteiger partial charge in [0.25, 0.3) is 5.91 Å². The predicted octanol–water partition coefficient (Wildman–Crippen LogP) is 3.26. The van der Waals surface area contributed by atoms with Gasteiger partial charge in [-0.1, -0.05) is 28.4 Å². The normalized spacial score (nSPS) is 26.7. The molecule has 1 aliphatic heterocycles. The molecule has 0 unspecified atom stereocenters. The van der Waals surface area contributed by atoms with E-state index in [4.69, 9.17) is 0 Å². The lowest BCUT2D eigenvalue weighted by Gasteiger charge is -2.23. The SMILES string of the molecule is O=C(c1cc2ccc(Br)cc2[nH]1)N1C[C@@H]2CCC[C@@]2(C(=O)O)C1. The second-order valence-electron chi connectivity index (χ2n) is 6.65. The van der Waals surface area contributed by atoms with Crippen molar-refractivity contribution < 1.29 is 14.7 Å². The molecule has 2 atom stereocenters. The second-order valence-corrected chi connectivity index (χ2v) is 7.57. The molecule has 1 amide bonds. The van der Waals surface area contributed by atoms with Crippen LogP contribution in [0.2, 0.25) is 0 Å². The Kier molecular flexibility index (Phi) is 3.27. The molecule has 1 saturated carbocycles. The van der Waals surface area contributed by atoms with Gasteiger partial charge in [-0.15, -0.1) is 0 Å². The van der Waals surface area contributed by atoms with Crippen LogP contribution in [0.25, 0.3) is 10.9 Å². The topological polar surface area (TPSA) is 73.4 Å². The van der Waals surface area contributed by atoms with Crippen molar-refractivity contribution in [1.29, 1.82) is 0 Å². The molecular formula is C17H17BrN2O3. The van der Waals surface area contributed by atoms with Gasteiger partial charge < -0.3 is 15.0 Å². The first-order valence-electron chi connectivity index (χ1n) is 7.80. The van der Waals surface area contributed by atoms with E-state index in [1.807, 2.05) is 24.3 Å². The number of benzene rings is 1. The van der Waals surface area contributed by atoms with Crippen LogP contribution in [0.4, 0.5) is 0 Å². The number of hydrogen-bond acceptors (Lipinski definition) is 2.